The van der Waals surface area contributed by atoms with Crippen LogP contribution in [0.15, 0.2) is 53.4 Å². The number of nitrogens with one attached hydrogen (secondary N) is 1. The highest BCUT2D eigenvalue weighted by Gasteiger charge is 2.37. The molecule has 0 bridgehead atoms. The van der Waals surface area contributed by atoms with E-state index >= 15 is 0 Å². The molecule has 3 rings (SSSR count). The largest absolute Gasteiger partial charge is 0.416 e. The molecule has 0 spiro atoms. The predicted molar refractivity (Wildman–Crippen MR) is 119 cm³/mol. The van der Waals surface area contributed by atoms with E-state index in [9.17, 15) is 31.2 Å². The molecule has 0 saturated carbocycles. The molecular formula is C23H23F3N4O4S. The lowest BCUT2D eigenvalue weighted by Crippen LogP contribution is -2.49. The Bertz CT molecular complexity index is 1250. The molecule has 2 amide bonds. The minimum Gasteiger partial charge on any atom is -0.350 e. The van der Waals surface area contributed by atoms with Gasteiger partial charge in [-0.05, 0) is 42.8 Å². The number of halogens is 3. The second-order valence-corrected chi connectivity index (χ2v) is 10.1. The molecule has 1 heterocycles. The first-order valence-corrected chi connectivity index (χ1v) is 12.0. The number of amides is 2. The van der Waals surface area contributed by atoms with Gasteiger partial charge < -0.3 is 10.2 Å². The summed E-state index contributed by atoms with van der Waals surface area (Å²) in [5, 5.41) is 11.4. The summed E-state index contributed by atoms with van der Waals surface area (Å²) in [7, 11) is -2.47. The van der Waals surface area contributed by atoms with Gasteiger partial charge in [0.05, 0.1) is 22.4 Å². The minimum absolute atomic E-state index is 0.0312. The van der Waals surface area contributed by atoms with Crippen molar-refractivity contribution in [3.8, 4) is 6.07 Å². The summed E-state index contributed by atoms with van der Waals surface area (Å²) in [5.74, 6) is -1.48. The first-order chi connectivity index (χ1) is 16.3. The number of nitrogens with zero attached hydrogens (tertiary/aromatic N) is 3. The normalized spacial score (nSPS) is 15.5. The topological polar surface area (TPSA) is 111 Å². The number of likely N-dealkylation sites (N-methyl/N-ethyl adjacent to an activating group) is 1. The lowest BCUT2D eigenvalue weighted by Gasteiger charge is -2.34. The molecule has 1 N–H and O–H groups in total. The Morgan fingerprint density at radius 2 is 1.83 bits per heavy atom. The minimum atomic E-state index is -4.45. The highest BCUT2D eigenvalue weighted by atomic mass is 32.2. The second kappa shape index (κ2) is 10.1. The number of rotatable bonds is 7. The maximum Gasteiger partial charge on any atom is 0.416 e. The molecule has 0 radical (unpaired) electrons. The van der Waals surface area contributed by atoms with Crippen LogP contribution in [0, 0.1) is 17.2 Å². The number of hydrogen-bond donors (Lipinski definition) is 1. The second-order valence-electron chi connectivity index (χ2n) is 8.18. The van der Waals surface area contributed by atoms with E-state index in [1.54, 1.807) is 0 Å². The third-order valence-electron chi connectivity index (χ3n) is 5.78. The summed E-state index contributed by atoms with van der Waals surface area (Å²) in [4.78, 5) is 26.5. The van der Waals surface area contributed by atoms with Crippen molar-refractivity contribution in [1.82, 2.24) is 14.5 Å². The highest BCUT2D eigenvalue weighted by Crippen LogP contribution is 2.29. The maximum absolute atomic E-state index is 12.9. The molecule has 1 atom stereocenters. The van der Waals surface area contributed by atoms with Gasteiger partial charge in [0.25, 0.3) is 5.91 Å². The SMILES string of the molecule is CC(C(=O)NCc1ccc(C(F)(F)F)cc1)N(C)C(=O)c1cccc(S(=O)(=O)N2CC(C#N)C2)c1. The van der Waals surface area contributed by atoms with Crippen LogP contribution in [0.4, 0.5) is 13.2 Å². The van der Waals surface area contributed by atoms with Gasteiger partial charge in [-0.25, -0.2) is 8.42 Å². The zero-order valence-electron chi connectivity index (χ0n) is 18.9. The van der Waals surface area contributed by atoms with Gasteiger partial charge in [-0.2, -0.15) is 22.7 Å². The van der Waals surface area contributed by atoms with Crippen molar-refractivity contribution in [2.45, 2.75) is 30.6 Å². The van der Waals surface area contributed by atoms with Crippen LogP contribution >= 0.6 is 0 Å². The molecule has 1 aliphatic heterocycles. The molecule has 8 nitrogen and oxygen atoms in total. The van der Waals surface area contributed by atoms with Crippen LogP contribution in [-0.4, -0.2) is 55.6 Å². The van der Waals surface area contributed by atoms with Gasteiger partial charge in [0.15, 0.2) is 0 Å². The summed E-state index contributed by atoms with van der Waals surface area (Å²) in [6.45, 7) is 1.62. The van der Waals surface area contributed by atoms with Gasteiger partial charge in [0.2, 0.25) is 15.9 Å². The Morgan fingerprint density at radius 1 is 1.20 bits per heavy atom. The van der Waals surface area contributed by atoms with E-state index in [1.165, 1.54) is 50.4 Å². The molecule has 0 aromatic heterocycles. The molecule has 2 aromatic carbocycles. The predicted octanol–water partition coefficient (Wildman–Crippen LogP) is 2.63. The Hall–Kier alpha value is -3.43. The molecule has 2 aromatic rings. The van der Waals surface area contributed by atoms with Crippen LogP contribution in [-0.2, 0) is 27.5 Å². The molecule has 186 valence electrons. The Kier molecular flexibility index (Phi) is 7.52. The highest BCUT2D eigenvalue weighted by molar-refractivity contribution is 7.89. The molecular weight excluding hydrogens is 485 g/mol. The van der Waals surface area contributed by atoms with Gasteiger partial charge in [-0.15, -0.1) is 0 Å². The number of sulfonamides is 1. The van der Waals surface area contributed by atoms with E-state index in [0.29, 0.717) is 5.56 Å². The van der Waals surface area contributed by atoms with E-state index in [0.717, 1.165) is 21.3 Å². The van der Waals surface area contributed by atoms with Gasteiger partial charge in [-0.1, -0.05) is 18.2 Å². The third kappa shape index (κ3) is 5.80. The standard InChI is InChI=1S/C23H23F3N4O4S/c1-15(21(31)28-12-16-6-8-19(9-7-16)23(24,25)26)29(2)22(32)18-4-3-5-20(10-18)35(33,34)30-13-17(11-27)14-30/h3-10,15,17H,12-14H2,1-2H3,(H,28,31). The molecule has 1 fully saturated rings. The molecule has 35 heavy (non-hydrogen) atoms. The fourth-order valence-corrected chi connectivity index (χ4v) is 4.94. The van der Waals surface area contributed by atoms with E-state index in [-0.39, 0.29) is 36.0 Å². The average molecular weight is 509 g/mol. The summed E-state index contributed by atoms with van der Waals surface area (Å²) in [6.07, 6.45) is -4.45. The Labute approximate surface area is 201 Å². The number of hydrogen-bond acceptors (Lipinski definition) is 5. The first kappa shape index (κ1) is 26.2. The lowest BCUT2D eigenvalue weighted by atomic mass is 10.1. The number of nitriles is 1. The first-order valence-electron chi connectivity index (χ1n) is 10.6. The summed E-state index contributed by atoms with van der Waals surface area (Å²) in [6, 6.07) is 10.8. The zero-order valence-corrected chi connectivity index (χ0v) is 19.7. The fourth-order valence-electron chi connectivity index (χ4n) is 3.36. The van der Waals surface area contributed by atoms with Crippen LogP contribution < -0.4 is 5.32 Å². The van der Waals surface area contributed by atoms with Crippen molar-refractivity contribution in [2.75, 3.05) is 20.1 Å². The molecule has 0 aliphatic carbocycles. The third-order valence-corrected chi connectivity index (χ3v) is 7.61. The van der Waals surface area contributed by atoms with Gasteiger partial charge in [0, 0.05) is 32.2 Å². The quantitative estimate of drug-likeness (QED) is 0.618. The maximum atomic E-state index is 12.9. The summed E-state index contributed by atoms with van der Waals surface area (Å²) < 4.78 is 64.6. The van der Waals surface area contributed by atoms with Gasteiger partial charge in [0.1, 0.15) is 6.04 Å². The summed E-state index contributed by atoms with van der Waals surface area (Å²) >= 11 is 0. The lowest BCUT2D eigenvalue weighted by molar-refractivity contribution is -0.137. The number of alkyl halides is 3. The average Bonchev–Trinajstić information content (AvgIpc) is 2.80. The van der Waals surface area contributed by atoms with Crippen molar-refractivity contribution in [3.05, 3.63) is 65.2 Å². The van der Waals surface area contributed by atoms with Crippen LogP contribution in [0.2, 0.25) is 0 Å². The van der Waals surface area contributed by atoms with E-state index in [4.69, 9.17) is 5.26 Å². The van der Waals surface area contributed by atoms with Gasteiger partial charge in [-0.3, -0.25) is 9.59 Å². The molecule has 12 heteroatoms. The van der Waals surface area contributed by atoms with Gasteiger partial charge >= 0.3 is 6.18 Å². The van der Waals surface area contributed by atoms with Crippen molar-refractivity contribution in [1.29, 1.82) is 5.26 Å². The Morgan fingerprint density at radius 3 is 2.40 bits per heavy atom. The van der Waals surface area contributed by atoms with Crippen LogP contribution in [0.3, 0.4) is 0 Å². The monoisotopic (exact) mass is 508 g/mol. The number of carbonyl (C=O) groups is 2. The van der Waals surface area contributed by atoms with Crippen LogP contribution in [0.5, 0.6) is 0 Å². The van der Waals surface area contributed by atoms with Crippen molar-refractivity contribution in [2.24, 2.45) is 5.92 Å². The molecule has 1 saturated heterocycles. The molecule has 1 unspecified atom stereocenters. The number of benzene rings is 2. The fraction of sp³-hybridized carbons (Fsp3) is 0.348. The van der Waals surface area contributed by atoms with Crippen molar-refractivity contribution in [3.63, 3.8) is 0 Å². The molecule has 1 aliphatic rings. The van der Waals surface area contributed by atoms with Crippen molar-refractivity contribution < 1.29 is 31.2 Å². The number of carbonyl (C=O) groups excluding carboxylic acids is 2. The van der Waals surface area contributed by atoms with Crippen LogP contribution in [0.25, 0.3) is 0 Å². The summed E-state index contributed by atoms with van der Waals surface area (Å²) in [5.41, 5.74) is -0.280. The van der Waals surface area contributed by atoms with Crippen molar-refractivity contribution >= 4 is 21.8 Å². The van der Waals surface area contributed by atoms with E-state index in [2.05, 4.69) is 5.32 Å². The Balaban J connectivity index is 1.63. The van der Waals surface area contributed by atoms with E-state index in [1.807, 2.05) is 6.07 Å². The smallest absolute Gasteiger partial charge is 0.350 e. The van der Waals surface area contributed by atoms with E-state index < -0.39 is 39.6 Å². The van der Waals surface area contributed by atoms with Crippen LogP contribution in [0.1, 0.15) is 28.4 Å². The zero-order chi connectivity index (χ0) is 26.0.